The summed E-state index contributed by atoms with van der Waals surface area (Å²) >= 11 is 0. The Morgan fingerprint density at radius 1 is 1.08 bits per heavy atom. The number of benzene rings is 2. The van der Waals surface area contributed by atoms with E-state index in [4.69, 9.17) is 4.74 Å². The van der Waals surface area contributed by atoms with E-state index in [1.54, 1.807) is 6.07 Å². The summed E-state index contributed by atoms with van der Waals surface area (Å²) in [5.74, 6) is -0.288. The van der Waals surface area contributed by atoms with Gasteiger partial charge >= 0.3 is 0 Å². The van der Waals surface area contributed by atoms with E-state index in [9.17, 15) is 9.18 Å². The average Bonchev–Trinajstić information content (AvgIpc) is 2.63. The molecule has 0 atom stereocenters. The molecule has 25 heavy (non-hydrogen) atoms. The van der Waals surface area contributed by atoms with E-state index in [0.717, 1.165) is 37.1 Å². The van der Waals surface area contributed by atoms with Gasteiger partial charge in [0.25, 0.3) is 5.91 Å². The zero-order chi connectivity index (χ0) is 17.5. The summed E-state index contributed by atoms with van der Waals surface area (Å²) in [6.45, 7) is 2.68. The third-order valence-electron chi connectivity index (χ3n) is 4.32. The van der Waals surface area contributed by atoms with Crippen molar-refractivity contribution in [3.05, 3.63) is 71.0 Å². The van der Waals surface area contributed by atoms with E-state index in [0.29, 0.717) is 18.8 Å². The highest BCUT2D eigenvalue weighted by Gasteiger charge is 2.16. The predicted octanol–water partition coefficient (Wildman–Crippen LogP) is 3.02. The van der Waals surface area contributed by atoms with Crippen molar-refractivity contribution >= 4 is 5.91 Å². The molecule has 1 aliphatic rings. The van der Waals surface area contributed by atoms with Crippen LogP contribution >= 0.6 is 0 Å². The van der Waals surface area contributed by atoms with Crippen molar-refractivity contribution in [2.75, 3.05) is 13.1 Å². The lowest BCUT2D eigenvalue weighted by atomic mass is 10.1. The highest BCUT2D eigenvalue weighted by atomic mass is 19.1. The summed E-state index contributed by atoms with van der Waals surface area (Å²) in [5.41, 5.74) is 2.44. The first-order chi connectivity index (χ1) is 12.2. The van der Waals surface area contributed by atoms with Crippen LogP contribution in [0.5, 0.6) is 0 Å². The number of piperidine rings is 1. The summed E-state index contributed by atoms with van der Waals surface area (Å²) in [6.07, 6.45) is 1.94. The first-order valence-electron chi connectivity index (χ1n) is 8.63. The fourth-order valence-corrected chi connectivity index (χ4v) is 2.90. The number of carbonyl (C=O) groups excluding carboxylic acids is 1. The van der Waals surface area contributed by atoms with E-state index in [1.807, 2.05) is 30.3 Å². The summed E-state index contributed by atoms with van der Waals surface area (Å²) in [6, 6.07) is 14.1. The molecule has 1 amide bonds. The molecule has 0 aromatic heterocycles. The Bertz CT molecular complexity index is 697. The van der Waals surface area contributed by atoms with Crippen molar-refractivity contribution in [2.45, 2.75) is 32.1 Å². The number of hydrogen-bond donors (Lipinski definition) is 2. The number of amides is 1. The molecule has 1 heterocycles. The molecule has 2 N–H and O–H groups in total. The molecule has 132 valence electrons. The summed E-state index contributed by atoms with van der Waals surface area (Å²) in [7, 11) is 0. The number of halogens is 1. The summed E-state index contributed by atoms with van der Waals surface area (Å²) < 4.78 is 18.7. The number of ether oxygens (including phenoxy) is 1. The fourth-order valence-electron chi connectivity index (χ4n) is 2.90. The number of nitrogens with one attached hydrogen (secondary N) is 2. The minimum atomic E-state index is -0.259. The minimum absolute atomic E-state index is 0.0286. The van der Waals surface area contributed by atoms with Crippen molar-refractivity contribution in [1.82, 2.24) is 10.6 Å². The Morgan fingerprint density at radius 2 is 1.80 bits per heavy atom. The topological polar surface area (TPSA) is 50.4 Å². The second kappa shape index (κ2) is 8.74. The molecular formula is C20H23FN2O2. The van der Waals surface area contributed by atoms with Crippen LogP contribution in [0, 0.1) is 5.82 Å². The first-order valence-corrected chi connectivity index (χ1v) is 8.63. The van der Waals surface area contributed by atoms with Crippen LogP contribution in [0.2, 0.25) is 0 Å². The van der Waals surface area contributed by atoms with Gasteiger partial charge in [0, 0.05) is 11.6 Å². The second-order valence-corrected chi connectivity index (χ2v) is 6.32. The van der Waals surface area contributed by atoms with Crippen LogP contribution in [0.1, 0.15) is 34.3 Å². The van der Waals surface area contributed by atoms with E-state index in [-0.39, 0.29) is 17.8 Å². The van der Waals surface area contributed by atoms with Gasteiger partial charge in [-0.3, -0.25) is 4.79 Å². The van der Waals surface area contributed by atoms with Crippen molar-refractivity contribution in [3.63, 3.8) is 0 Å². The van der Waals surface area contributed by atoms with Crippen molar-refractivity contribution in [3.8, 4) is 0 Å². The molecule has 1 saturated heterocycles. The predicted molar refractivity (Wildman–Crippen MR) is 94.7 cm³/mol. The maximum absolute atomic E-state index is 13.1. The molecular weight excluding hydrogens is 319 g/mol. The maximum Gasteiger partial charge on any atom is 0.251 e. The molecule has 0 unspecified atom stereocenters. The van der Waals surface area contributed by atoms with Gasteiger partial charge in [-0.2, -0.15) is 0 Å². The zero-order valence-corrected chi connectivity index (χ0v) is 14.1. The Labute approximate surface area is 147 Å². The zero-order valence-electron chi connectivity index (χ0n) is 14.1. The molecule has 0 bridgehead atoms. The highest BCUT2D eigenvalue weighted by molar-refractivity contribution is 5.94. The standard InChI is InChI=1S/C20H23FN2O2/c21-18-3-1-2-16(12-18)14-25-13-15-4-6-17(7-5-15)20(24)23-19-8-10-22-11-9-19/h1-7,12,19,22H,8-11,13-14H2,(H,23,24). The van der Waals surface area contributed by atoms with Gasteiger partial charge in [-0.15, -0.1) is 0 Å². The molecule has 0 spiro atoms. The Morgan fingerprint density at radius 3 is 2.52 bits per heavy atom. The van der Waals surface area contributed by atoms with Gasteiger partial charge in [-0.05, 0) is 61.3 Å². The lowest BCUT2D eigenvalue weighted by molar-refractivity contribution is 0.0929. The van der Waals surface area contributed by atoms with Gasteiger partial charge in [-0.25, -0.2) is 4.39 Å². The van der Waals surface area contributed by atoms with Gasteiger partial charge in [0.1, 0.15) is 5.82 Å². The SMILES string of the molecule is O=C(NC1CCNCC1)c1ccc(COCc2cccc(F)c2)cc1. The van der Waals surface area contributed by atoms with Crippen LogP contribution < -0.4 is 10.6 Å². The summed E-state index contributed by atoms with van der Waals surface area (Å²) in [5, 5.41) is 6.36. The van der Waals surface area contributed by atoms with Gasteiger partial charge in [-0.1, -0.05) is 24.3 Å². The van der Waals surface area contributed by atoms with Gasteiger partial charge in [0.2, 0.25) is 0 Å². The third kappa shape index (κ3) is 5.37. The van der Waals surface area contributed by atoms with Gasteiger partial charge in [0.05, 0.1) is 13.2 Å². The first kappa shape index (κ1) is 17.6. The number of hydrogen-bond acceptors (Lipinski definition) is 3. The Balaban J connectivity index is 1.47. The van der Waals surface area contributed by atoms with Crippen molar-refractivity contribution < 1.29 is 13.9 Å². The van der Waals surface area contributed by atoms with Crippen LogP contribution in [0.3, 0.4) is 0 Å². The lowest BCUT2D eigenvalue weighted by Gasteiger charge is -2.23. The van der Waals surface area contributed by atoms with E-state index in [1.165, 1.54) is 12.1 Å². The number of rotatable bonds is 6. The Hall–Kier alpha value is -2.24. The third-order valence-corrected chi connectivity index (χ3v) is 4.32. The molecule has 2 aromatic carbocycles. The van der Waals surface area contributed by atoms with Crippen LogP contribution in [0.25, 0.3) is 0 Å². The normalized spacial score (nSPS) is 15.1. The fraction of sp³-hybridized carbons (Fsp3) is 0.350. The van der Waals surface area contributed by atoms with Crippen LogP contribution in [-0.4, -0.2) is 25.0 Å². The van der Waals surface area contributed by atoms with E-state index in [2.05, 4.69) is 10.6 Å². The molecule has 5 heteroatoms. The largest absolute Gasteiger partial charge is 0.372 e. The van der Waals surface area contributed by atoms with E-state index >= 15 is 0 Å². The molecule has 0 aliphatic carbocycles. The maximum atomic E-state index is 13.1. The van der Waals surface area contributed by atoms with Crippen LogP contribution in [0.4, 0.5) is 4.39 Å². The van der Waals surface area contributed by atoms with Crippen molar-refractivity contribution in [1.29, 1.82) is 0 Å². The smallest absolute Gasteiger partial charge is 0.251 e. The molecule has 0 radical (unpaired) electrons. The average molecular weight is 342 g/mol. The molecule has 2 aromatic rings. The van der Waals surface area contributed by atoms with Crippen LogP contribution in [-0.2, 0) is 18.0 Å². The monoisotopic (exact) mass is 342 g/mol. The highest BCUT2D eigenvalue weighted by Crippen LogP contribution is 2.10. The lowest BCUT2D eigenvalue weighted by Crippen LogP contribution is -2.42. The van der Waals surface area contributed by atoms with Crippen LogP contribution in [0.15, 0.2) is 48.5 Å². The van der Waals surface area contributed by atoms with Gasteiger partial charge in [0.15, 0.2) is 0 Å². The second-order valence-electron chi connectivity index (χ2n) is 6.32. The number of carbonyl (C=O) groups is 1. The quantitative estimate of drug-likeness (QED) is 0.848. The molecule has 3 rings (SSSR count). The minimum Gasteiger partial charge on any atom is -0.372 e. The Kier molecular flexibility index (Phi) is 6.14. The summed E-state index contributed by atoms with van der Waals surface area (Å²) in [4.78, 5) is 12.3. The molecule has 1 fully saturated rings. The molecule has 4 nitrogen and oxygen atoms in total. The molecule has 0 saturated carbocycles. The molecule has 1 aliphatic heterocycles. The van der Waals surface area contributed by atoms with E-state index < -0.39 is 0 Å². The van der Waals surface area contributed by atoms with Gasteiger partial charge < -0.3 is 15.4 Å². The van der Waals surface area contributed by atoms with Crippen molar-refractivity contribution in [2.24, 2.45) is 0 Å².